The van der Waals surface area contributed by atoms with Crippen LogP contribution in [-0.2, 0) is 27.7 Å². The lowest BCUT2D eigenvalue weighted by Gasteiger charge is -2.15. The molecule has 8 nitrogen and oxygen atoms in total. The van der Waals surface area contributed by atoms with Crippen LogP contribution in [0.1, 0.15) is 24.3 Å². The van der Waals surface area contributed by atoms with Crippen molar-refractivity contribution in [2.24, 2.45) is 0 Å². The second kappa shape index (κ2) is 6.33. The second-order valence-electron chi connectivity index (χ2n) is 5.57. The van der Waals surface area contributed by atoms with Gasteiger partial charge in [-0.2, -0.15) is 0 Å². The Kier molecular flexibility index (Phi) is 4.37. The Balaban J connectivity index is 1.70. The minimum atomic E-state index is -3.63. The summed E-state index contributed by atoms with van der Waals surface area (Å²) in [5.41, 5.74) is 1.64. The highest BCUT2D eigenvalue weighted by Gasteiger charge is 2.24. The number of anilines is 1. The van der Waals surface area contributed by atoms with Crippen molar-refractivity contribution >= 4 is 21.6 Å². The molecule has 24 heavy (non-hydrogen) atoms. The zero-order valence-electron chi connectivity index (χ0n) is 13.4. The number of hydrogen-bond acceptors (Lipinski definition) is 6. The predicted octanol–water partition coefficient (Wildman–Crippen LogP) is 0.808. The van der Waals surface area contributed by atoms with Gasteiger partial charge in [0, 0.05) is 39.0 Å². The number of fused-ring (bicyclic) bond motifs is 1. The van der Waals surface area contributed by atoms with Crippen molar-refractivity contribution in [2.75, 3.05) is 18.0 Å². The van der Waals surface area contributed by atoms with Crippen LogP contribution in [0.25, 0.3) is 0 Å². The predicted molar refractivity (Wildman–Crippen MR) is 86.1 cm³/mol. The van der Waals surface area contributed by atoms with Gasteiger partial charge in [-0.3, -0.25) is 4.79 Å². The molecule has 1 aliphatic rings. The molecule has 1 amide bonds. The number of aryl methyl sites for hydroxylation is 1. The van der Waals surface area contributed by atoms with E-state index in [1.807, 2.05) is 0 Å². The lowest BCUT2D eigenvalue weighted by atomic mass is 10.2. The van der Waals surface area contributed by atoms with E-state index in [1.165, 1.54) is 13.0 Å². The molecule has 0 aliphatic carbocycles. The molecular formula is C15H18N4O4S. The standard InChI is InChI=1S/C15H18N4O4S/c1-10-17-18-15(23-10)5-7-16-24(21,22)13-3-4-14-12(9-13)6-8-19(14)11(2)20/h3-4,9,16H,5-8H2,1-2H3. The molecule has 1 N–H and O–H groups in total. The van der Waals surface area contributed by atoms with Gasteiger partial charge in [0.2, 0.25) is 27.7 Å². The highest BCUT2D eigenvalue weighted by atomic mass is 32.2. The highest BCUT2D eigenvalue weighted by molar-refractivity contribution is 7.89. The van der Waals surface area contributed by atoms with E-state index in [0.29, 0.717) is 31.2 Å². The third-order valence-corrected chi connectivity index (χ3v) is 5.29. The van der Waals surface area contributed by atoms with Crippen LogP contribution in [0.15, 0.2) is 27.5 Å². The van der Waals surface area contributed by atoms with E-state index in [-0.39, 0.29) is 17.3 Å². The maximum Gasteiger partial charge on any atom is 0.240 e. The largest absolute Gasteiger partial charge is 0.426 e. The first-order valence-corrected chi connectivity index (χ1v) is 9.05. The zero-order chi connectivity index (χ0) is 17.3. The zero-order valence-corrected chi connectivity index (χ0v) is 14.3. The summed E-state index contributed by atoms with van der Waals surface area (Å²) >= 11 is 0. The molecule has 0 atom stereocenters. The fourth-order valence-corrected chi connectivity index (χ4v) is 3.77. The summed E-state index contributed by atoms with van der Waals surface area (Å²) in [5.74, 6) is 0.792. The topological polar surface area (TPSA) is 105 Å². The molecule has 0 unspecified atom stereocenters. The fraction of sp³-hybridized carbons (Fsp3) is 0.400. The Hall–Kier alpha value is -2.26. The molecule has 1 aromatic heterocycles. The lowest BCUT2D eigenvalue weighted by molar-refractivity contribution is -0.116. The summed E-state index contributed by atoms with van der Waals surface area (Å²) in [6.07, 6.45) is 0.975. The van der Waals surface area contributed by atoms with Crippen molar-refractivity contribution < 1.29 is 17.6 Å². The minimum Gasteiger partial charge on any atom is -0.426 e. The van der Waals surface area contributed by atoms with Crippen LogP contribution < -0.4 is 9.62 Å². The highest BCUT2D eigenvalue weighted by Crippen LogP contribution is 2.30. The van der Waals surface area contributed by atoms with Crippen LogP contribution in [0, 0.1) is 6.92 Å². The van der Waals surface area contributed by atoms with Crippen LogP contribution in [0.3, 0.4) is 0 Å². The van der Waals surface area contributed by atoms with Crippen molar-refractivity contribution in [3.8, 4) is 0 Å². The molecule has 0 spiro atoms. The van der Waals surface area contributed by atoms with Gasteiger partial charge in [0.1, 0.15) is 0 Å². The number of carbonyl (C=O) groups excluding carboxylic acids is 1. The number of hydrogen-bond donors (Lipinski definition) is 1. The quantitative estimate of drug-likeness (QED) is 0.855. The molecule has 0 saturated heterocycles. The van der Waals surface area contributed by atoms with Crippen LogP contribution in [0.4, 0.5) is 5.69 Å². The van der Waals surface area contributed by atoms with E-state index in [2.05, 4.69) is 14.9 Å². The summed E-state index contributed by atoms with van der Waals surface area (Å²) < 4.78 is 32.5. The van der Waals surface area contributed by atoms with Gasteiger partial charge < -0.3 is 9.32 Å². The van der Waals surface area contributed by atoms with Gasteiger partial charge in [0.15, 0.2) is 0 Å². The molecule has 3 rings (SSSR count). The van der Waals surface area contributed by atoms with Crippen LogP contribution >= 0.6 is 0 Å². The lowest BCUT2D eigenvalue weighted by Crippen LogP contribution is -2.26. The van der Waals surface area contributed by atoms with Gasteiger partial charge >= 0.3 is 0 Å². The number of nitrogens with one attached hydrogen (secondary N) is 1. The second-order valence-corrected chi connectivity index (χ2v) is 7.34. The van der Waals surface area contributed by atoms with Gasteiger partial charge in [0.25, 0.3) is 0 Å². The number of nitrogens with zero attached hydrogens (tertiary/aromatic N) is 3. The Morgan fingerprint density at radius 1 is 1.38 bits per heavy atom. The van der Waals surface area contributed by atoms with E-state index < -0.39 is 10.0 Å². The summed E-state index contributed by atoms with van der Waals surface area (Å²) in [7, 11) is -3.63. The number of benzene rings is 1. The maximum atomic E-state index is 12.4. The number of aromatic nitrogens is 2. The third-order valence-electron chi connectivity index (χ3n) is 3.84. The molecule has 0 fully saturated rings. The first-order valence-electron chi connectivity index (χ1n) is 7.56. The molecule has 0 saturated carbocycles. The summed E-state index contributed by atoms with van der Waals surface area (Å²) in [5, 5.41) is 7.52. The first kappa shape index (κ1) is 16.6. The number of amides is 1. The fourth-order valence-electron chi connectivity index (χ4n) is 2.69. The third kappa shape index (κ3) is 3.31. The molecule has 128 valence electrons. The van der Waals surface area contributed by atoms with Gasteiger partial charge in [-0.25, -0.2) is 13.1 Å². The molecule has 1 aliphatic heterocycles. The van der Waals surface area contributed by atoms with Gasteiger partial charge in [-0.05, 0) is 30.2 Å². The normalized spacial score (nSPS) is 14.0. The Labute approximate surface area is 139 Å². The van der Waals surface area contributed by atoms with E-state index in [0.717, 1.165) is 11.3 Å². The monoisotopic (exact) mass is 350 g/mol. The maximum absolute atomic E-state index is 12.4. The van der Waals surface area contributed by atoms with Crippen LogP contribution in [-0.4, -0.2) is 37.6 Å². The van der Waals surface area contributed by atoms with Crippen molar-refractivity contribution in [3.05, 3.63) is 35.5 Å². The Morgan fingerprint density at radius 3 is 2.83 bits per heavy atom. The Morgan fingerprint density at radius 2 is 2.17 bits per heavy atom. The van der Waals surface area contributed by atoms with Crippen molar-refractivity contribution in [1.29, 1.82) is 0 Å². The molecule has 9 heteroatoms. The summed E-state index contributed by atoms with van der Waals surface area (Å²) in [6.45, 7) is 3.93. The molecule has 2 heterocycles. The van der Waals surface area contributed by atoms with Crippen molar-refractivity contribution in [1.82, 2.24) is 14.9 Å². The summed E-state index contributed by atoms with van der Waals surface area (Å²) in [4.78, 5) is 13.4. The first-order chi connectivity index (χ1) is 11.4. The Bertz CT molecular complexity index is 875. The number of sulfonamides is 1. The van der Waals surface area contributed by atoms with Crippen LogP contribution in [0.2, 0.25) is 0 Å². The van der Waals surface area contributed by atoms with Crippen molar-refractivity contribution in [3.63, 3.8) is 0 Å². The molecule has 1 aromatic carbocycles. The van der Waals surface area contributed by atoms with E-state index in [1.54, 1.807) is 24.0 Å². The van der Waals surface area contributed by atoms with E-state index >= 15 is 0 Å². The SMILES string of the molecule is CC(=O)N1CCc2cc(S(=O)(=O)NCCc3nnc(C)o3)ccc21. The van der Waals surface area contributed by atoms with E-state index in [9.17, 15) is 13.2 Å². The van der Waals surface area contributed by atoms with Gasteiger partial charge in [-0.1, -0.05) is 0 Å². The molecular weight excluding hydrogens is 332 g/mol. The van der Waals surface area contributed by atoms with E-state index in [4.69, 9.17) is 4.42 Å². The summed E-state index contributed by atoms with van der Waals surface area (Å²) in [6, 6.07) is 4.82. The average Bonchev–Trinajstić information content (AvgIpc) is 3.12. The minimum absolute atomic E-state index is 0.0441. The van der Waals surface area contributed by atoms with Crippen LogP contribution in [0.5, 0.6) is 0 Å². The molecule has 0 radical (unpaired) electrons. The van der Waals surface area contributed by atoms with Gasteiger partial charge in [-0.15, -0.1) is 10.2 Å². The number of rotatable bonds is 5. The van der Waals surface area contributed by atoms with Crippen molar-refractivity contribution in [2.45, 2.75) is 31.6 Å². The molecule has 0 bridgehead atoms. The molecule has 2 aromatic rings. The number of carbonyl (C=O) groups is 1. The smallest absolute Gasteiger partial charge is 0.240 e. The van der Waals surface area contributed by atoms with Gasteiger partial charge in [0.05, 0.1) is 4.90 Å². The average molecular weight is 350 g/mol.